The molecule has 0 aromatic heterocycles. The summed E-state index contributed by atoms with van der Waals surface area (Å²) in [5, 5.41) is 0. The van der Waals surface area contributed by atoms with Crippen LogP contribution in [-0.2, 0) is 20.7 Å². The Labute approximate surface area is 129 Å². The van der Waals surface area contributed by atoms with Gasteiger partial charge in [-0.3, -0.25) is 9.59 Å². The number of carbonyl (C=O) groups is 2. The van der Waals surface area contributed by atoms with Crippen LogP contribution in [-0.4, -0.2) is 39.8 Å². The van der Waals surface area contributed by atoms with Crippen molar-refractivity contribution in [3.05, 3.63) is 17.7 Å². The van der Waals surface area contributed by atoms with Crippen molar-refractivity contribution in [2.75, 3.05) is 32.8 Å². The number of esters is 1. The monoisotopic (exact) mass is 307 g/mol. The summed E-state index contributed by atoms with van der Waals surface area (Å²) in [6.07, 6.45) is 1.93. The van der Waals surface area contributed by atoms with Crippen molar-refractivity contribution in [2.24, 2.45) is 0 Å². The van der Waals surface area contributed by atoms with E-state index in [2.05, 4.69) is 4.74 Å². The minimum absolute atomic E-state index is 0.0856. The van der Waals surface area contributed by atoms with E-state index in [1.165, 1.54) is 7.11 Å². The number of amides is 1. The summed E-state index contributed by atoms with van der Waals surface area (Å²) in [4.78, 5) is 25.3. The first-order chi connectivity index (χ1) is 10.6. The molecule has 0 spiro atoms. The third-order valence-corrected chi connectivity index (χ3v) is 3.79. The highest BCUT2D eigenvalue weighted by molar-refractivity contribution is 5.96. The summed E-state index contributed by atoms with van der Waals surface area (Å²) in [5.41, 5.74) is 1.80. The van der Waals surface area contributed by atoms with Crippen LogP contribution in [0, 0.1) is 0 Å². The predicted octanol–water partition coefficient (Wildman–Crippen LogP) is 1.94. The highest BCUT2D eigenvalue weighted by Gasteiger charge is 2.26. The second-order valence-electron chi connectivity index (χ2n) is 5.05. The molecule has 1 aromatic carbocycles. The molecule has 0 unspecified atom stereocenters. The van der Waals surface area contributed by atoms with Crippen LogP contribution >= 0.6 is 0 Å². The Morgan fingerprint density at radius 2 is 1.91 bits per heavy atom. The molecular weight excluding hydrogens is 286 g/mol. The molecule has 0 fully saturated rings. The van der Waals surface area contributed by atoms with E-state index in [0.29, 0.717) is 12.3 Å². The fourth-order valence-corrected chi connectivity index (χ4v) is 2.64. The Balaban J connectivity index is 2.27. The largest absolute Gasteiger partial charge is 0.497 e. The van der Waals surface area contributed by atoms with E-state index in [4.69, 9.17) is 9.47 Å². The van der Waals surface area contributed by atoms with E-state index in [0.717, 1.165) is 29.8 Å². The number of nitrogens with zero attached hydrogens (tertiary/aromatic N) is 1. The lowest BCUT2D eigenvalue weighted by atomic mass is 9.99. The molecule has 0 bridgehead atoms. The summed E-state index contributed by atoms with van der Waals surface area (Å²) in [6.45, 7) is 0.628. The second-order valence-corrected chi connectivity index (χ2v) is 5.05. The van der Waals surface area contributed by atoms with Gasteiger partial charge in [0.05, 0.1) is 33.4 Å². The van der Waals surface area contributed by atoms with Gasteiger partial charge < -0.3 is 19.1 Å². The van der Waals surface area contributed by atoms with Crippen molar-refractivity contribution >= 4 is 17.6 Å². The number of fused-ring (bicyclic) bond motifs is 1. The van der Waals surface area contributed by atoms with E-state index < -0.39 is 0 Å². The van der Waals surface area contributed by atoms with Gasteiger partial charge in [-0.1, -0.05) is 0 Å². The normalized spacial score (nSPS) is 13.3. The molecule has 1 heterocycles. The lowest BCUT2D eigenvalue weighted by molar-refractivity contribution is -0.141. The van der Waals surface area contributed by atoms with Crippen LogP contribution in [0.4, 0.5) is 5.69 Å². The molecule has 0 N–H and O–H groups in total. The first-order valence-corrected chi connectivity index (χ1v) is 7.22. The lowest BCUT2D eigenvalue weighted by Crippen LogP contribution is -2.35. The van der Waals surface area contributed by atoms with Gasteiger partial charge in [-0.15, -0.1) is 0 Å². The summed E-state index contributed by atoms with van der Waals surface area (Å²) in [5.74, 6) is 0.888. The third-order valence-electron chi connectivity index (χ3n) is 3.79. The van der Waals surface area contributed by atoms with Crippen molar-refractivity contribution < 1.29 is 23.8 Å². The number of anilines is 1. The van der Waals surface area contributed by atoms with Crippen LogP contribution in [0.1, 0.15) is 24.8 Å². The Bertz CT molecular complexity index is 570. The molecule has 1 aliphatic rings. The Morgan fingerprint density at radius 1 is 1.14 bits per heavy atom. The molecule has 2 rings (SSSR count). The maximum atomic E-state index is 12.4. The minimum atomic E-state index is -0.381. The molecule has 1 aliphatic heterocycles. The van der Waals surface area contributed by atoms with Crippen LogP contribution < -0.4 is 14.4 Å². The average molecular weight is 307 g/mol. The van der Waals surface area contributed by atoms with Gasteiger partial charge in [0.25, 0.3) is 0 Å². The maximum absolute atomic E-state index is 12.4. The first kappa shape index (κ1) is 16.1. The van der Waals surface area contributed by atoms with Crippen molar-refractivity contribution in [1.29, 1.82) is 0 Å². The van der Waals surface area contributed by atoms with Crippen LogP contribution in [0.5, 0.6) is 11.5 Å². The molecular formula is C16H21NO5. The van der Waals surface area contributed by atoms with Crippen LogP contribution in [0.25, 0.3) is 0 Å². The van der Waals surface area contributed by atoms with E-state index in [1.54, 1.807) is 19.1 Å². The predicted molar refractivity (Wildman–Crippen MR) is 81.5 cm³/mol. The first-order valence-electron chi connectivity index (χ1n) is 7.22. The highest BCUT2D eigenvalue weighted by Crippen LogP contribution is 2.38. The van der Waals surface area contributed by atoms with E-state index in [9.17, 15) is 9.59 Å². The molecule has 6 nitrogen and oxygen atoms in total. The highest BCUT2D eigenvalue weighted by atomic mass is 16.5. The number of benzene rings is 1. The van der Waals surface area contributed by atoms with Crippen molar-refractivity contribution in [1.82, 2.24) is 0 Å². The minimum Gasteiger partial charge on any atom is -0.497 e. The molecule has 0 atom stereocenters. The molecule has 0 saturated heterocycles. The second kappa shape index (κ2) is 7.15. The standard InChI is InChI=1S/C16H21NO5/c1-20-11-9-13-12(14(10-11)21-2)5-4-8-17(13)15(18)6-7-16(19)22-3/h9-10H,4-8H2,1-3H3. The number of ether oxygens (including phenoxy) is 3. The van der Waals surface area contributed by atoms with Gasteiger partial charge >= 0.3 is 5.97 Å². The Hall–Kier alpha value is -2.24. The summed E-state index contributed by atoms with van der Waals surface area (Å²) >= 11 is 0. The van der Waals surface area contributed by atoms with E-state index >= 15 is 0 Å². The summed E-state index contributed by atoms with van der Waals surface area (Å²) in [6, 6.07) is 3.66. The number of methoxy groups -OCH3 is 3. The topological polar surface area (TPSA) is 65.1 Å². The molecule has 120 valence electrons. The maximum Gasteiger partial charge on any atom is 0.306 e. The number of rotatable bonds is 5. The SMILES string of the molecule is COC(=O)CCC(=O)N1CCCc2c(OC)cc(OC)cc21. The zero-order chi connectivity index (χ0) is 16.1. The fraction of sp³-hybridized carbons (Fsp3) is 0.500. The third kappa shape index (κ3) is 3.32. The average Bonchev–Trinajstić information content (AvgIpc) is 2.57. The molecule has 1 aromatic rings. The zero-order valence-corrected chi connectivity index (χ0v) is 13.2. The molecule has 22 heavy (non-hydrogen) atoms. The Morgan fingerprint density at radius 3 is 2.55 bits per heavy atom. The quantitative estimate of drug-likeness (QED) is 0.778. The Kier molecular flexibility index (Phi) is 5.25. The van der Waals surface area contributed by atoms with Crippen LogP contribution in [0.3, 0.4) is 0 Å². The summed E-state index contributed by atoms with van der Waals surface area (Å²) < 4.78 is 15.3. The number of hydrogen-bond donors (Lipinski definition) is 0. The van der Waals surface area contributed by atoms with Crippen molar-refractivity contribution in [3.63, 3.8) is 0 Å². The van der Waals surface area contributed by atoms with Gasteiger partial charge in [0, 0.05) is 30.7 Å². The fourth-order valence-electron chi connectivity index (χ4n) is 2.64. The van der Waals surface area contributed by atoms with Crippen LogP contribution in [0.2, 0.25) is 0 Å². The van der Waals surface area contributed by atoms with Crippen molar-refractivity contribution in [2.45, 2.75) is 25.7 Å². The number of hydrogen-bond acceptors (Lipinski definition) is 5. The lowest BCUT2D eigenvalue weighted by Gasteiger charge is -2.31. The smallest absolute Gasteiger partial charge is 0.306 e. The van der Waals surface area contributed by atoms with E-state index in [-0.39, 0.29) is 24.7 Å². The molecule has 6 heteroatoms. The molecule has 0 radical (unpaired) electrons. The van der Waals surface area contributed by atoms with Crippen molar-refractivity contribution in [3.8, 4) is 11.5 Å². The van der Waals surface area contributed by atoms with Gasteiger partial charge in [-0.25, -0.2) is 0 Å². The van der Waals surface area contributed by atoms with Gasteiger partial charge in [-0.05, 0) is 12.8 Å². The molecule has 1 amide bonds. The van der Waals surface area contributed by atoms with Crippen LogP contribution in [0.15, 0.2) is 12.1 Å². The van der Waals surface area contributed by atoms with E-state index in [1.807, 2.05) is 12.1 Å². The summed E-state index contributed by atoms with van der Waals surface area (Å²) in [7, 11) is 4.50. The molecule has 0 saturated carbocycles. The zero-order valence-electron chi connectivity index (χ0n) is 13.2. The van der Waals surface area contributed by atoms with Gasteiger partial charge in [0.2, 0.25) is 5.91 Å². The van der Waals surface area contributed by atoms with Gasteiger partial charge in [0.1, 0.15) is 11.5 Å². The van der Waals surface area contributed by atoms with Gasteiger partial charge in [0.15, 0.2) is 0 Å². The molecule has 0 aliphatic carbocycles. The number of carbonyl (C=O) groups excluding carboxylic acids is 2. The van der Waals surface area contributed by atoms with Gasteiger partial charge in [-0.2, -0.15) is 0 Å².